The van der Waals surface area contributed by atoms with Gasteiger partial charge in [0.1, 0.15) is 0 Å². The number of aromatic nitrogens is 1. The van der Waals surface area contributed by atoms with Gasteiger partial charge in [0.2, 0.25) is 5.91 Å². The number of carbonyl (C=O) groups is 1. The number of nitrogens with zero attached hydrogens (tertiary/aromatic N) is 1. The minimum Gasteiger partial charge on any atom is -0.494 e. The molecule has 0 atom stereocenters. The molecule has 1 amide bonds. The zero-order chi connectivity index (χ0) is 13.7. The molecule has 5 nitrogen and oxygen atoms in total. The molecule has 0 radical (unpaired) electrons. The van der Waals surface area contributed by atoms with Gasteiger partial charge in [-0.05, 0) is 18.1 Å². The summed E-state index contributed by atoms with van der Waals surface area (Å²) in [5, 5.41) is 18.5. The first-order chi connectivity index (χ1) is 9.20. The monoisotopic (exact) mass is 260 g/mol. The molecule has 1 aromatic carbocycles. The molecule has 1 aromatic heterocycles. The van der Waals surface area contributed by atoms with Crippen molar-refractivity contribution in [3.63, 3.8) is 0 Å². The van der Waals surface area contributed by atoms with Gasteiger partial charge in [-0.15, -0.1) is 0 Å². The standard InChI is InChI=1S/C14H16N2O3/c17-13(15-19)7-6-12-8-9-16(14(12)18)10-11-4-2-1-3-5-11/h1-5,8-9,18-19H,6-7,10H2,(H,15,17). The van der Waals surface area contributed by atoms with Gasteiger partial charge in [-0.2, -0.15) is 0 Å². The van der Waals surface area contributed by atoms with E-state index in [1.807, 2.05) is 30.3 Å². The number of rotatable bonds is 5. The number of aryl methyl sites for hydroxylation is 1. The van der Waals surface area contributed by atoms with Crippen molar-refractivity contribution in [1.82, 2.24) is 10.0 Å². The third-order valence-electron chi connectivity index (χ3n) is 2.96. The smallest absolute Gasteiger partial charge is 0.243 e. The molecule has 0 saturated heterocycles. The summed E-state index contributed by atoms with van der Waals surface area (Å²) in [7, 11) is 0. The highest BCUT2D eigenvalue weighted by Crippen LogP contribution is 2.21. The molecular weight excluding hydrogens is 244 g/mol. The van der Waals surface area contributed by atoms with Crippen molar-refractivity contribution in [2.24, 2.45) is 0 Å². The minimum absolute atomic E-state index is 0.138. The Labute approximate surface area is 111 Å². The van der Waals surface area contributed by atoms with Crippen LogP contribution in [-0.4, -0.2) is 20.8 Å². The first-order valence-electron chi connectivity index (χ1n) is 6.04. The Balaban J connectivity index is 2.04. The third kappa shape index (κ3) is 3.35. The van der Waals surface area contributed by atoms with E-state index in [1.165, 1.54) is 0 Å². The maximum atomic E-state index is 10.9. The maximum absolute atomic E-state index is 10.9. The summed E-state index contributed by atoms with van der Waals surface area (Å²) in [6.07, 6.45) is 2.31. The number of hydroxylamine groups is 1. The fraction of sp³-hybridized carbons (Fsp3) is 0.214. The van der Waals surface area contributed by atoms with Crippen LogP contribution >= 0.6 is 0 Å². The molecule has 0 fully saturated rings. The number of hydrogen-bond donors (Lipinski definition) is 3. The topological polar surface area (TPSA) is 74.5 Å². The first kappa shape index (κ1) is 13.2. The van der Waals surface area contributed by atoms with Crippen molar-refractivity contribution in [3.05, 3.63) is 53.7 Å². The van der Waals surface area contributed by atoms with Crippen LogP contribution in [0.15, 0.2) is 42.6 Å². The number of carbonyl (C=O) groups excluding carboxylic acids is 1. The minimum atomic E-state index is -0.463. The molecule has 0 spiro atoms. The second kappa shape index (κ2) is 6.06. The molecule has 3 N–H and O–H groups in total. The highest BCUT2D eigenvalue weighted by Gasteiger charge is 2.09. The molecule has 0 saturated carbocycles. The lowest BCUT2D eigenvalue weighted by Crippen LogP contribution is -2.18. The van der Waals surface area contributed by atoms with Gasteiger partial charge in [-0.25, -0.2) is 5.48 Å². The summed E-state index contributed by atoms with van der Waals surface area (Å²) in [6, 6.07) is 11.6. The van der Waals surface area contributed by atoms with Crippen molar-refractivity contribution in [1.29, 1.82) is 0 Å². The quantitative estimate of drug-likeness (QED) is 0.565. The molecule has 2 rings (SSSR count). The lowest BCUT2D eigenvalue weighted by Gasteiger charge is -2.06. The van der Waals surface area contributed by atoms with Gasteiger partial charge in [-0.1, -0.05) is 30.3 Å². The molecule has 5 heteroatoms. The van der Waals surface area contributed by atoms with Crippen LogP contribution in [-0.2, 0) is 17.8 Å². The van der Waals surface area contributed by atoms with E-state index in [0.29, 0.717) is 18.5 Å². The molecule has 19 heavy (non-hydrogen) atoms. The molecule has 1 heterocycles. The predicted molar refractivity (Wildman–Crippen MR) is 69.9 cm³/mol. The Bertz CT molecular complexity index is 549. The van der Waals surface area contributed by atoms with E-state index in [9.17, 15) is 9.90 Å². The Morgan fingerprint density at radius 3 is 2.63 bits per heavy atom. The van der Waals surface area contributed by atoms with Crippen LogP contribution in [0.25, 0.3) is 0 Å². The van der Waals surface area contributed by atoms with Gasteiger partial charge in [-0.3, -0.25) is 10.0 Å². The number of aromatic hydroxyl groups is 1. The highest BCUT2D eigenvalue weighted by atomic mass is 16.5. The summed E-state index contributed by atoms with van der Waals surface area (Å²) >= 11 is 0. The summed E-state index contributed by atoms with van der Waals surface area (Å²) < 4.78 is 1.72. The van der Waals surface area contributed by atoms with Crippen LogP contribution in [0.3, 0.4) is 0 Å². The van der Waals surface area contributed by atoms with Crippen LogP contribution in [0.1, 0.15) is 17.5 Å². The molecule has 0 aliphatic heterocycles. The Morgan fingerprint density at radius 1 is 1.21 bits per heavy atom. The molecule has 0 unspecified atom stereocenters. The molecule has 0 aliphatic rings. The van der Waals surface area contributed by atoms with Crippen molar-refractivity contribution in [2.75, 3.05) is 0 Å². The van der Waals surface area contributed by atoms with Crippen molar-refractivity contribution in [2.45, 2.75) is 19.4 Å². The fourth-order valence-electron chi connectivity index (χ4n) is 1.92. The highest BCUT2D eigenvalue weighted by molar-refractivity contribution is 5.74. The molecule has 0 aliphatic carbocycles. The second-order valence-electron chi connectivity index (χ2n) is 4.31. The maximum Gasteiger partial charge on any atom is 0.243 e. The normalized spacial score (nSPS) is 10.4. The van der Waals surface area contributed by atoms with E-state index in [0.717, 1.165) is 5.56 Å². The average Bonchev–Trinajstić information content (AvgIpc) is 2.78. The number of hydrogen-bond acceptors (Lipinski definition) is 3. The van der Waals surface area contributed by atoms with Gasteiger partial charge < -0.3 is 9.67 Å². The molecule has 100 valence electrons. The number of amides is 1. The lowest BCUT2D eigenvalue weighted by molar-refractivity contribution is -0.129. The molecular formula is C14H16N2O3. The van der Waals surface area contributed by atoms with Gasteiger partial charge >= 0.3 is 0 Å². The first-order valence-corrected chi connectivity index (χ1v) is 6.04. The summed E-state index contributed by atoms with van der Waals surface area (Å²) in [5.41, 5.74) is 3.36. The summed E-state index contributed by atoms with van der Waals surface area (Å²) in [5.74, 6) is -0.301. The molecule has 0 bridgehead atoms. The zero-order valence-corrected chi connectivity index (χ0v) is 10.4. The van der Waals surface area contributed by atoms with Crippen molar-refractivity contribution >= 4 is 5.91 Å². The van der Waals surface area contributed by atoms with Crippen LogP contribution in [0, 0.1) is 0 Å². The van der Waals surface area contributed by atoms with Gasteiger partial charge in [0.25, 0.3) is 0 Å². The van der Waals surface area contributed by atoms with Crippen LogP contribution < -0.4 is 5.48 Å². The predicted octanol–water partition coefficient (Wildman–Crippen LogP) is 1.68. The zero-order valence-electron chi connectivity index (χ0n) is 10.4. The third-order valence-corrected chi connectivity index (χ3v) is 2.96. The molecule has 2 aromatic rings. The SMILES string of the molecule is O=C(CCc1ccn(Cc2ccccc2)c1O)NO. The van der Waals surface area contributed by atoms with E-state index in [1.54, 1.807) is 22.3 Å². The van der Waals surface area contributed by atoms with Crippen LogP contribution in [0.2, 0.25) is 0 Å². The summed E-state index contributed by atoms with van der Waals surface area (Å²) in [6.45, 7) is 0.582. The average molecular weight is 260 g/mol. The van der Waals surface area contributed by atoms with E-state index in [2.05, 4.69) is 0 Å². The number of benzene rings is 1. The van der Waals surface area contributed by atoms with Crippen molar-refractivity contribution in [3.8, 4) is 5.88 Å². The Morgan fingerprint density at radius 2 is 1.95 bits per heavy atom. The fourth-order valence-corrected chi connectivity index (χ4v) is 1.92. The van der Waals surface area contributed by atoms with E-state index in [-0.39, 0.29) is 12.3 Å². The second-order valence-corrected chi connectivity index (χ2v) is 4.31. The van der Waals surface area contributed by atoms with Gasteiger partial charge in [0.15, 0.2) is 5.88 Å². The Kier molecular flexibility index (Phi) is 4.20. The van der Waals surface area contributed by atoms with Crippen LogP contribution in [0.4, 0.5) is 0 Å². The van der Waals surface area contributed by atoms with Crippen molar-refractivity contribution < 1.29 is 15.1 Å². The van der Waals surface area contributed by atoms with Gasteiger partial charge in [0.05, 0.1) is 6.54 Å². The number of nitrogens with one attached hydrogen (secondary N) is 1. The lowest BCUT2D eigenvalue weighted by atomic mass is 10.2. The van der Waals surface area contributed by atoms with E-state index < -0.39 is 5.91 Å². The Hall–Kier alpha value is -2.27. The van der Waals surface area contributed by atoms with Gasteiger partial charge in [0, 0.05) is 18.2 Å². The van der Waals surface area contributed by atoms with E-state index in [4.69, 9.17) is 5.21 Å². The largest absolute Gasteiger partial charge is 0.494 e. The van der Waals surface area contributed by atoms with E-state index >= 15 is 0 Å². The van der Waals surface area contributed by atoms with Crippen LogP contribution in [0.5, 0.6) is 5.88 Å². The summed E-state index contributed by atoms with van der Waals surface area (Å²) in [4.78, 5) is 10.9.